The predicted octanol–water partition coefficient (Wildman–Crippen LogP) is 18.5. The molecule has 0 aliphatic rings. The minimum absolute atomic E-state index is 0.0655. The van der Waals surface area contributed by atoms with Crippen molar-refractivity contribution in [3.63, 3.8) is 0 Å². The highest BCUT2D eigenvalue weighted by Gasteiger charge is 2.19. The molecule has 0 spiro atoms. The molecule has 0 aliphatic heterocycles. The molecule has 1 atom stereocenters. The molecule has 0 aromatic rings. The molecule has 0 aliphatic carbocycles. The largest absolute Gasteiger partial charge is 0.462 e. The van der Waals surface area contributed by atoms with Gasteiger partial charge in [-0.25, -0.2) is 0 Å². The summed E-state index contributed by atoms with van der Waals surface area (Å²) < 4.78 is 16.9. The first-order chi connectivity index (χ1) is 31.0. The summed E-state index contributed by atoms with van der Waals surface area (Å²) in [6.07, 6.45) is 59.1. The number of rotatable bonds is 52. The minimum Gasteiger partial charge on any atom is -0.462 e. The minimum atomic E-state index is -0.765. The molecule has 0 heterocycles. The van der Waals surface area contributed by atoms with Gasteiger partial charge < -0.3 is 14.2 Å². The standard InChI is InChI=1S/C57H108O6/c1-4-7-10-13-16-19-22-25-26-27-28-29-30-33-35-38-41-44-47-50-56(59)62-53-54(63-57(60)51-48-45-42-39-36-32-24-21-18-15-12-9-6-3)52-61-55(58)49-46-43-40-37-34-31-23-20-17-14-11-8-5-2/h27-28,54H,4-26,29-53H2,1-3H3/b28-27-/t54-/m1/s1. The summed E-state index contributed by atoms with van der Waals surface area (Å²) >= 11 is 0. The van der Waals surface area contributed by atoms with Crippen LogP contribution in [0.1, 0.15) is 316 Å². The van der Waals surface area contributed by atoms with Crippen molar-refractivity contribution in [3.8, 4) is 0 Å². The van der Waals surface area contributed by atoms with Crippen LogP contribution < -0.4 is 0 Å². The number of allylic oxidation sites excluding steroid dienone is 2. The van der Waals surface area contributed by atoms with Crippen LogP contribution in [0, 0.1) is 0 Å². The Hall–Kier alpha value is -1.85. The van der Waals surface area contributed by atoms with E-state index in [-0.39, 0.29) is 31.1 Å². The Morgan fingerprint density at radius 2 is 0.524 bits per heavy atom. The average Bonchev–Trinajstić information content (AvgIpc) is 3.28. The van der Waals surface area contributed by atoms with E-state index < -0.39 is 6.10 Å². The molecule has 0 aromatic heterocycles. The lowest BCUT2D eigenvalue weighted by Crippen LogP contribution is -2.30. The Balaban J connectivity index is 4.29. The van der Waals surface area contributed by atoms with E-state index in [1.54, 1.807) is 0 Å². The van der Waals surface area contributed by atoms with Crippen molar-refractivity contribution in [3.05, 3.63) is 12.2 Å². The molecule has 0 unspecified atom stereocenters. The topological polar surface area (TPSA) is 78.9 Å². The molecule has 6 nitrogen and oxygen atoms in total. The zero-order valence-corrected chi connectivity index (χ0v) is 42.6. The molecule has 0 saturated heterocycles. The van der Waals surface area contributed by atoms with E-state index in [2.05, 4.69) is 32.9 Å². The summed E-state index contributed by atoms with van der Waals surface area (Å²) in [6.45, 7) is 6.68. The van der Waals surface area contributed by atoms with Gasteiger partial charge in [-0.3, -0.25) is 14.4 Å². The monoisotopic (exact) mass is 889 g/mol. The summed E-state index contributed by atoms with van der Waals surface area (Å²) in [5, 5.41) is 0. The van der Waals surface area contributed by atoms with Crippen LogP contribution in [0.25, 0.3) is 0 Å². The van der Waals surface area contributed by atoms with Crippen molar-refractivity contribution < 1.29 is 28.6 Å². The van der Waals surface area contributed by atoms with Crippen molar-refractivity contribution in [2.75, 3.05) is 13.2 Å². The van der Waals surface area contributed by atoms with E-state index in [1.165, 1.54) is 218 Å². The van der Waals surface area contributed by atoms with Gasteiger partial charge in [0.2, 0.25) is 0 Å². The number of esters is 3. The second-order valence-corrected chi connectivity index (χ2v) is 19.2. The highest BCUT2D eigenvalue weighted by Crippen LogP contribution is 2.17. The van der Waals surface area contributed by atoms with E-state index in [0.29, 0.717) is 19.3 Å². The number of ether oxygens (including phenoxy) is 3. The van der Waals surface area contributed by atoms with Gasteiger partial charge in [-0.05, 0) is 44.9 Å². The quantitative estimate of drug-likeness (QED) is 0.0262. The molecule has 0 fully saturated rings. The van der Waals surface area contributed by atoms with Gasteiger partial charge in [0.1, 0.15) is 13.2 Å². The lowest BCUT2D eigenvalue weighted by atomic mass is 10.0. The number of hydrogen-bond acceptors (Lipinski definition) is 6. The van der Waals surface area contributed by atoms with Crippen molar-refractivity contribution in [1.29, 1.82) is 0 Å². The Morgan fingerprint density at radius 1 is 0.302 bits per heavy atom. The van der Waals surface area contributed by atoms with Gasteiger partial charge >= 0.3 is 17.9 Å². The van der Waals surface area contributed by atoms with Crippen molar-refractivity contribution in [2.45, 2.75) is 322 Å². The van der Waals surface area contributed by atoms with Crippen LogP contribution >= 0.6 is 0 Å². The van der Waals surface area contributed by atoms with E-state index >= 15 is 0 Å². The molecular weight excluding hydrogens is 781 g/mol. The third kappa shape index (κ3) is 51.0. The second-order valence-electron chi connectivity index (χ2n) is 19.2. The normalized spacial score (nSPS) is 12.0. The first-order valence-electron chi connectivity index (χ1n) is 28.2. The zero-order valence-electron chi connectivity index (χ0n) is 42.6. The summed E-state index contributed by atoms with van der Waals surface area (Å²) in [7, 11) is 0. The average molecular weight is 889 g/mol. The maximum absolute atomic E-state index is 12.8. The van der Waals surface area contributed by atoms with E-state index in [0.717, 1.165) is 57.8 Å². The number of carbonyl (C=O) groups is 3. The molecule has 0 aromatic carbocycles. The Bertz CT molecular complexity index is 978. The first kappa shape index (κ1) is 61.1. The molecule has 0 bridgehead atoms. The van der Waals surface area contributed by atoms with Crippen molar-refractivity contribution >= 4 is 17.9 Å². The summed E-state index contributed by atoms with van der Waals surface area (Å²) in [5.41, 5.74) is 0. The van der Waals surface area contributed by atoms with Gasteiger partial charge in [-0.15, -0.1) is 0 Å². The van der Waals surface area contributed by atoms with Crippen LogP contribution in [-0.2, 0) is 28.6 Å². The molecule has 372 valence electrons. The SMILES string of the molecule is CCCCCCCCCC/C=C\CCCCCCCCCC(=O)OC[C@@H](COC(=O)CCCCCCCCCCCCCCC)OC(=O)CCCCCCCCCCCCCCC. The van der Waals surface area contributed by atoms with Crippen molar-refractivity contribution in [1.82, 2.24) is 0 Å². The highest BCUT2D eigenvalue weighted by molar-refractivity contribution is 5.71. The van der Waals surface area contributed by atoms with E-state index in [4.69, 9.17) is 14.2 Å². The van der Waals surface area contributed by atoms with Gasteiger partial charge in [-0.1, -0.05) is 264 Å². The summed E-state index contributed by atoms with van der Waals surface area (Å²) in [6, 6.07) is 0. The van der Waals surface area contributed by atoms with E-state index in [9.17, 15) is 14.4 Å². The first-order valence-corrected chi connectivity index (χ1v) is 28.2. The maximum atomic E-state index is 12.8. The second kappa shape index (κ2) is 52.8. The number of unbranched alkanes of at least 4 members (excludes halogenated alkanes) is 39. The molecular formula is C57H108O6. The zero-order chi connectivity index (χ0) is 45.8. The van der Waals surface area contributed by atoms with Gasteiger partial charge in [-0.2, -0.15) is 0 Å². The lowest BCUT2D eigenvalue weighted by Gasteiger charge is -2.18. The fraction of sp³-hybridized carbons (Fsp3) is 0.912. The Kier molecular flexibility index (Phi) is 51.2. The van der Waals surface area contributed by atoms with E-state index in [1.807, 2.05) is 0 Å². The Labute approximate surface area is 392 Å². The third-order valence-electron chi connectivity index (χ3n) is 12.8. The van der Waals surface area contributed by atoms with Crippen LogP contribution in [-0.4, -0.2) is 37.2 Å². The molecule has 6 heteroatoms. The van der Waals surface area contributed by atoms with Crippen LogP contribution in [0.3, 0.4) is 0 Å². The van der Waals surface area contributed by atoms with Crippen LogP contribution in [0.4, 0.5) is 0 Å². The van der Waals surface area contributed by atoms with Crippen LogP contribution in [0.2, 0.25) is 0 Å². The molecule has 63 heavy (non-hydrogen) atoms. The van der Waals surface area contributed by atoms with Gasteiger partial charge in [0, 0.05) is 19.3 Å². The summed E-state index contributed by atoms with van der Waals surface area (Å²) in [4.78, 5) is 38.0. The van der Waals surface area contributed by atoms with Crippen LogP contribution in [0.15, 0.2) is 12.2 Å². The predicted molar refractivity (Wildman–Crippen MR) is 270 cm³/mol. The maximum Gasteiger partial charge on any atom is 0.306 e. The Morgan fingerprint density at radius 3 is 0.794 bits per heavy atom. The molecule has 0 amide bonds. The lowest BCUT2D eigenvalue weighted by molar-refractivity contribution is -0.167. The molecule has 0 saturated carbocycles. The molecule has 0 rings (SSSR count). The highest BCUT2D eigenvalue weighted by atomic mass is 16.6. The summed E-state index contributed by atoms with van der Waals surface area (Å²) in [5.74, 6) is -0.849. The van der Waals surface area contributed by atoms with Gasteiger partial charge in [0.05, 0.1) is 0 Å². The molecule has 0 N–H and O–H groups in total. The fourth-order valence-electron chi connectivity index (χ4n) is 8.50. The van der Waals surface area contributed by atoms with Gasteiger partial charge in [0.25, 0.3) is 0 Å². The number of hydrogen-bond donors (Lipinski definition) is 0. The third-order valence-corrected chi connectivity index (χ3v) is 12.8. The van der Waals surface area contributed by atoms with Crippen LogP contribution in [0.5, 0.6) is 0 Å². The van der Waals surface area contributed by atoms with Gasteiger partial charge in [0.15, 0.2) is 6.10 Å². The molecule has 0 radical (unpaired) electrons. The smallest absolute Gasteiger partial charge is 0.306 e. The fourth-order valence-corrected chi connectivity index (χ4v) is 8.50. The number of carbonyl (C=O) groups excluding carboxylic acids is 3. The van der Waals surface area contributed by atoms with Crippen molar-refractivity contribution in [2.24, 2.45) is 0 Å².